The van der Waals surface area contributed by atoms with E-state index in [4.69, 9.17) is 11.6 Å². The second kappa shape index (κ2) is 7.51. The van der Waals surface area contributed by atoms with Crippen molar-refractivity contribution in [2.45, 2.75) is 5.03 Å². The molecule has 1 saturated heterocycles. The number of rotatable bonds is 4. The molecule has 0 aliphatic carbocycles. The minimum absolute atomic E-state index is 0.118. The Morgan fingerprint density at radius 2 is 2.04 bits per heavy atom. The molecule has 1 N–H and O–H groups in total. The molecule has 26 heavy (non-hydrogen) atoms. The van der Waals surface area contributed by atoms with Crippen molar-refractivity contribution in [1.82, 2.24) is 24.8 Å². The van der Waals surface area contributed by atoms with Crippen LogP contribution in [0.2, 0.25) is 5.02 Å². The van der Waals surface area contributed by atoms with Gasteiger partial charge in [-0.3, -0.25) is 4.79 Å². The summed E-state index contributed by atoms with van der Waals surface area (Å²) in [7, 11) is 0. The van der Waals surface area contributed by atoms with Gasteiger partial charge in [-0.2, -0.15) is 0 Å². The average Bonchev–Trinajstić information content (AvgIpc) is 3.15. The molecule has 134 valence electrons. The van der Waals surface area contributed by atoms with Gasteiger partial charge in [0.05, 0.1) is 12.1 Å². The zero-order valence-corrected chi connectivity index (χ0v) is 15.5. The fourth-order valence-electron chi connectivity index (χ4n) is 2.96. The summed E-state index contributed by atoms with van der Waals surface area (Å²) in [5.41, 5.74) is 2.49. The maximum Gasteiger partial charge on any atom is 0.233 e. The van der Waals surface area contributed by atoms with Crippen molar-refractivity contribution < 1.29 is 4.79 Å². The van der Waals surface area contributed by atoms with Gasteiger partial charge in [0, 0.05) is 36.9 Å². The topological polar surface area (TPSA) is 78.0 Å². The molecule has 0 bridgehead atoms. The van der Waals surface area contributed by atoms with Crippen molar-refractivity contribution in [2.75, 3.05) is 36.8 Å². The van der Waals surface area contributed by atoms with E-state index in [1.54, 1.807) is 6.33 Å². The summed E-state index contributed by atoms with van der Waals surface area (Å²) in [6, 6.07) is 7.82. The molecule has 3 aromatic rings. The molecule has 1 amide bonds. The lowest BCUT2D eigenvalue weighted by Gasteiger charge is -2.36. The highest BCUT2D eigenvalue weighted by molar-refractivity contribution is 8.00. The van der Waals surface area contributed by atoms with E-state index in [9.17, 15) is 4.79 Å². The quantitative estimate of drug-likeness (QED) is 0.546. The van der Waals surface area contributed by atoms with Crippen molar-refractivity contribution in [3.05, 3.63) is 41.9 Å². The van der Waals surface area contributed by atoms with Gasteiger partial charge in [-0.05, 0) is 18.2 Å². The number of fused-ring (bicyclic) bond motifs is 1. The maximum absolute atomic E-state index is 12.5. The van der Waals surface area contributed by atoms with Gasteiger partial charge in [-0.1, -0.05) is 29.4 Å². The third-order valence-corrected chi connectivity index (χ3v) is 5.54. The molecule has 0 unspecified atom stereocenters. The number of imidazole rings is 1. The Balaban J connectivity index is 1.33. The highest BCUT2D eigenvalue weighted by atomic mass is 35.5. The van der Waals surface area contributed by atoms with Gasteiger partial charge in [0.1, 0.15) is 16.9 Å². The van der Waals surface area contributed by atoms with Crippen LogP contribution in [0.25, 0.3) is 11.2 Å². The molecule has 1 fully saturated rings. The van der Waals surface area contributed by atoms with Crippen LogP contribution in [0.3, 0.4) is 0 Å². The largest absolute Gasteiger partial charge is 0.368 e. The molecule has 1 aliphatic heterocycles. The van der Waals surface area contributed by atoms with Gasteiger partial charge >= 0.3 is 0 Å². The van der Waals surface area contributed by atoms with Crippen LogP contribution in [0.5, 0.6) is 0 Å². The van der Waals surface area contributed by atoms with Crippen molar-refractivity contribution in [3.8, 4) is 0 Å². The summed E-state index contributed by atoms with van der Waals surface area (Å²) in [5.74, 6) is 0.467. The Hall–Kier alpha value is -2.32. The lowest BCUT2D eigenvalue weighted by molar-refractivity contribution is -0.128. The monoisotopic (exact) mass is 388 g/mol. The van der Waals surface area contributed by atoms with Crippen LogP contribution in [0, 0.1) is 0 Å². The maximum atomic E-state index is 12.5. The summed E-state index contributed by atoms with van der Waals surface area (Å²) in [5, 5.41) is 1.48. The van der Waals surface area contributed by atoms with Gasteiger partial charge in [-0.25, -0.2) is 15.0 Å². The Morgan fingerprint density at radius 1 is 1.19 bits per heavy atom. The van der Waals surface area contributed by atoms with E-state index in [2.05, 4.69) is 24.8 Å². The van der Waals surface area contributed by atoms with E-state index in [-0.39, 0.29) is 5.91 Å². The van der Waals surface area contributed by atoms with Gasteiger partial charge in [0.2, 0.25) is 5.91 Å². The molecule has 0 atom stereocenters. The van der Waals surface area contributed by atoms with Crippen molar-refractivity contribution in [2.24, 2.45) is 0 Å². The van der Waals surface area contributed by atoms with E-state index in [0.717, 1.165) is 34.3 Å². The zero-order chi connectivity index (χ0) is 17.9. The van der Waals surface area contributed by atoms with E-state index < -0.39 is 0 Å². The van der Waals surface area contributed by atoms with Gasteiger partial charge < -0.3 is 14.8 Å². The Morgan fingerprint density at radius 3 is 2.85 bits per heavy atom. The third-order valence-electron chi connectivity index (χ3n) is 4.33. The van der Waals surface area contributed by atoms with Crippen molar-refractivity contribution >= 4 is 46.1 Å². The van der Waals surface area contributed by atoms with Crippen LogP contribution in [0.1, 0.15) is 0 Å². The average molecular weight is 389 g/mol. The first-order valence-corrected chi connectivity index (χ1v) is 9.62. The van der Waals surface area contributed by atoms with E-state index in [1.807, 2.05) is 29.2 Å². The molecule has 1 aromatic carbocycles. The highest BCUT2D eigenvalue weighted by Gasteiger charge is 2.22. The number of amides is 1. The fourth-order valence-corrected chi connectivity index (χ4v) is 4.00. The highest BCUT2D eigenvalue weighted by Crippen LogP contribution is 2.23. The number of aromatic amines is 1. The molecular weight excluding hydrogens is 372 g/mol. The van der Waals surface area contributed by atoms with E-state index in [0.29, 0.717) is 24.5 Å². The number of carbonyl (C=O) groups is 1. The molecular formula is C17H17ClN6OS. The van der Waals surface area contributed by atoms with Crippen LogP contribution in [-0.2, 0) is 4.79 Å². The van der Waals surface area contributed by atoms with E-state index in [1.165, 1.54) is 18.1 Å². The number of nitrogens with one attached hydrogen (secondary N) is 1. The number of thioether (sulfide) groups is 1. The number of aromatic nitrogens is 4. The summed E-state index contributed by atoms with van der Waals surface area (Å²) >= 11 is 7.48. The first-order valence-electron chi connectivity index (χ1n) is 8.26. The normalized spacial score (nSPS) is 14.8. The predicted octanol–water partition coefficient (Wildman–Crippen LogP) is 2.45. The lowest BCUT2D eigenvalue weighted by atomic mass is 10.2. The summed E-state index contributed by atoms with van der Waals surface area (Å²) < 4.78 is 0. The molecule has 0 radical (unpaired) electrons. The summed E-state index contributed by atoms with van der Waals surface area (Å²) in [4.78, 5) is 32.2. The number of piperazine rings is 1. The standard InChI is InChI=1S/C17H17ClN6OS/c18-12-2-1-3-13(8-12)23-4-6-24(7-5-23)14(25)9-26-17-15-16(20-10-19-15)21-11-22-17/h1-3,8,10-11H,4-7,9H2,(H,19,20,21,22). The number of nitrogens with zero attached hydrogens (tertiary/aromatic N) is 5. The van der Waals surface area contributed by atoms with Crippen molar-refractivity contribution in [1.29, 1.82) is 0 Å². The number of benzene rings is 1. The second-order valence-corrected chi connectivity index (χ2v) is 7.32. The molecule has 1 aliphatic rings. The molecule has 9 heteroatoms. The third kappa shape index (κ3) is 3.61. The Bertz CT molecular complexity index is 924. The zero-order valence-electron chi connectivity index (χ0n) is 13.9. The minimum Gasteiger partial charge on any atom is -0.368 e. The van der Waals surface area contributed by atoms with E-state index >= 15 is 0 Å². The van der Waals surface area contributed by atoms with Crippen LogP contribution < -0.4 is 4.90 Å². The van der Waals surface area contributed by atoms with Gasteiger partial charge in [0.25, 0.3) is 0 Å². The number of hydrogen-bond acceptors (Lipinski definition) is 6. The van der Waals surface area contributed by atoms with Crippen LogP contribution in [0.15, 0.2) is 41.9 Å². The lowest BCUT2D eigenvalue weighted by Crippen LogP contribution is -2.49. The van der Waals surface area contributed by atoms with Gasteiger partial charge in [0.15, 0.2) is 5.65 Å². The molecule has 0 saturated carbocycles. The SMILES string of the molecule is O=C(CSc1ncnc2nc[nH]c12)N1CCN(c2cccc(Cl)c2)CC1. The Labute approximate surface area is 159 Å². The van der Waals surface area contributed by atoms with Crippen molar-refractivity contribution in [3.63, 3.8) is 0 Å². The molecule has 7 nitrogen and oxygen atoms in total. The minimum atomic E-state index is 0.118. The number of hydrogen-bond donors (Lipinski definition) is 1. The van der Waals surface area contributed by atoms with Gasteiger partial charge in [-0.15, -0.1) is 0 Å². The summed E-state index contributed by atoms with van der Waals surface area (Å²) in [6.45, 7) is 3.01. The van der Waals surface area contributed by atoms with Crippen LogP contribution >= 0.6 is 23.4 Å². The second-order valence-electron chi connectivity index (χ2n) is 5.92. The summed E-state index contributed by atoms with van der Waals surface area (Å²) in [6.07, 6.45) is 3.06. The number of H-pyrrole nitrogens is 1. The number of anilines is 1. The van der Waals surface area contributed by atoms with Crippen LogP contribution in [0.4, 0.5) is 5.69 Å². The first kappa shape index (κ1) is 17.1. The molecule has 4 rings (SSSR count). The number of halogens is 1. The number of carbonyl (C=O) groups excluding carboxylic acids is 1. The Kier molecular flexibility index (Phi) is 4.94. The van der Waals surface area contributed by atoms with Crippen LogP contribution in [-0.4, -0.2) is 62.7 Å². The smallest absolute Gasteiger partial charge is 0.233 e. The molecule has 0 spiro atoms. The fraction of sp³-hybridized carbons (Fsp3) is 0.294. The first-order chi connectivity index (χ1) is 12.7. The predicted molar refractivity (Wildman–Crippen MR) is 103 cm³/mol. The molecule has 3 heterocycles. The molecule has 2 aromatic heterocycles.